The van der Waals surface area contributed by atoms with E-state index < -0.39 is 0 Å². The number of aromatic nitrogens is 6. The number of rotatable bonds is 3. The minimum atomic E-state index is 0.777. The molecule has 3 aromatic heterocycles. The molecule has 2 aromatic carbocycles. The lowest BCUT2D eigenvalue weighted by Crippen LogP contribution is -1.99. The van der Waals surface area contributed by atoms with Crippen LogP contribution < -0.4 is 0 Å². The van der Waals surface area contributed by atoms with Crippen molar-refractivity contribution >= 4 is 16.3 Å². The lowest BCUT2D eigenvalue weighted by molar-refractivity contribution is 0.888. The summed E-state index contributed by atoms with van der Waals surface area (Å²) in [6.45, 7) is 1.90. The van der Waals surface area contributed by atoms with Crippen LogP contribution in [-0.2, 0) is 0 Å². The van der Waals surface area contributed by atoms with Crippen molar-refractivity contribution < 1.29 is 0 Å². The van der Waals surface area contributed by atoms with Crippen molar-refractivity contribution in [1.82, 2.24) is 29.6 Å². The zero-order chi connectivity index (χ0) is 17.5. The zero-order valence-corrected chi connectivity index (χ0v) is 14.8. The molecule has 0 saturated carbocycles. The SMILES string of the molecule is Cc1nnc2sc(-c3cnn(-c4ccccc4)c3-c3ccccc3)nn12. The highest BCUT2D eigenvalue weighted by Gasteiger charge is 2.20. The van der Waals surface area contributed by atoms with Gasteiger partial charge in [0.25, 0.3) is 0 Å². The first-order valence-electron chi connectivity index (χ1n) is 8.19. The summed E-state index contributed by atoms with van der Waals surface area (Å²) in [5.74, 6) is 0.777. The van der Waals surface area contributed by atoms with Crippen LogP contribution in [0.4, 0.5) is 0 Å². The predicted molar refractivity (Wildman–Crippen MR) is 101 cm³/mol. The van der Waals surface area contributed by atoms with Crippen LogP contribution in [0.25, 0.3) is 32.5 Å². The van der Waals surface area contributed by atoms with Gasteiger partial charge in [-0.2, -0.15) is 14.7 Å². The fourth-order valence-corrected chi connectivity index (χ4v) is 3.86. The summed E-state index contributed by atoms with van der Waals surface area (Å²) < 4.78 is 3.73. The van der Waals surface area contributed by atoms with E-state index in [4.69, 9.17) is 5.10 Å². The maximum absolute atomic E-state index is 4.69. The third-order valence-electron chi connectivity index (χ3n) is 4.19. The molecule has 26 heavy (non-hydrogen) atoms. The van der Waals surface area contributed by atoms with E-state index in [9.17, 15) is 0 Å². The number of para-hydroxylation sites is 1. The van der Waals surface area contributed by atoms with E-state index in [2.05, 4.69) is 27.4 Å². The van der Waals surface area contributed by atoms with Crippen LogP contribution in [0.15, 0.2) is 66.9 Å². The third kappa shape index (κ3) is 2.33. The molecule has 7 heteroatoms. The highest BCUT2D eigenvalue weighted by Crippen LogP contribution is 2.35. The summed E-state index contributed by atoms with van der Waals surface area (Å²) >= 11 is 1.51. The second kappa shape index (κ2) is 5.89. The van der Waals surface area contributed by atoms with Crippen molar-refractivity contribution in [3.63, 3.8) is 0 Å². The second-order valence-electron chi connectivity index (χ2n) is 5.87. The highest BCUT2D eigenvalue weighted by molar-refractivity contribution is 7.19. The molecular formula is C19H14N6S. The monoisotopic (exact) mass is 358 g/mol. The first kappa shape index (κ1) is 15.0. The average molecular weight is 358 g/mol. The summed E-state index contributed by atoms with van der Waals surface area (Å²) in [5, 5.41) is 18.5. The van der Waals surface area contributed by atoms with Crippen LogP contribution in [-0.4, -0.2) is 29.6 Å². The highest BCUT2D eigenvalue weighted by atomic mass is 32.1. The summed E-state index contributed by atoms with van der Waals surface area (Å²) in [6, 6.07) is 20.4. The smallest absolute Gasteiger partial charge is 0.232 e. The minimum absolute atomic E-state index is 0.777. The molecule has 0 radical (unpaired) electrons. The molecule has 0 bridgehead atoms. The summed E-state index contributed by atoms with van der Waals surface area (Å²) in [6.07, 6.45) is 1.87. The average Bonchev–Trinajstić information content (AvgIpc) is 3.38. The summed E-state index contributed by atoms with van der Waals surface area (Å²) in [7, 11) is 0. The van der Waals surface area contributed by atoms with Crippen LogP contribution in [0.5, 0.6) is 0 Å². The van der Waals surface area contributed by atoms with Crippen molar-refractivity contribution in [2.75, 3.05) is 0 Å². The molecule has 6 nitrogen and oxygen atoms in total. The molecule has 0 amide bonds. The Morgan fingerprint density at radius 1 is 0.885 bits per heavy atom. The first-order valence-corrected chi connectivity index (χ1v) is 9.01. The Balaban J connectivity index is 1.76. The fourth-order valence-electron chi connectivity index (χ4n) is 2.97. The molecule has 0 aliphatic rings. The Morgan fingerprint density at radius 3 is 2.35 bits per heavy atom. The molecule has 5 aromatic rings. The van der Waals surface area contributed by atoms with Gasteiger partial charge in [-0.05, 0) is 19.1 Å². The van der Waals surface area contributed by atoms with Gasteiger partial charge >= 0.3 is 0 Å². The van der Waals surface area contributed by atoms with E-state index in [1.54, 1.807) is 4.52 Å². The summed E-state index contributed by atoms with van der Waals surface area (Å²) in [5.41, 5.74) is 4.10. The molecule has 5 rings (SSSR count). The third-order valence-corrected chi connectivity index (χ3v) is 5.13. The summed E-state index contributed by atoms with van der Waals surface area (Å²) in [4.78, 5) is 0.781. The molecule has 0 unspecified atom stereocenters. The van der Waals surface area contributed by atoms with Crippen molar-refractivity contribution in [3.05, 3.63) is 72.7 Å². The van der Waals surface area contributed by atoms with Gasteiger partial charge in [0.05, 0.1) is 23.1 Å². The number of hydrogen-bond acceptors (Lipinski definition) is 5. The van der Waals surface area contributed by atoms with Gasteiger partial charge in [-0.1, -0.05) is 59.9 Å². The quantitative estimate of drug-likeness (QED) is 0.489. The van der Waals surface area contributed by atoms with Gasteiger partial charge < -0.3 is 0 Å². The van der Waals surface area contributed by atoms with Crippen molar-refractivity contribution in [2.45, 2.75) is 6.92 Å². The van der Waals surface area contributed by atoms with Crippen LogP contribution in [0.2, 0.25) is 0 Å². The maximum atomic E-state index is 4.69. The molecule has 126 valence electrons. The van der Waals surface area contributed by atoms with Gasteiger partial charge in [-0.15, -0.1) is 10.2 Å². The lowest BCUT2D eigenvalue weighted by Gasteiger charge is -2.09. The van der Waals surface area contributed by atoms with E-state index in [-0.39, 0.29) is 0 Å². The molecule has 0 N–H and O–H groups in total. The van der Waals surface area contributed by atoms with Gasteiger partial charge in [-0.3, -0.25) is 0 Å². The predicted octanol–water partition coefficient (Wildman–Crippen LogP) is 4.01. The Morgan fingerprint density at radius 2 is 1.62 bits per heavy atom. The van der Waals surface area contributed by atoms with Crippen LogP contribution >= 0.6 is 11.3 Å². The maximum Gasteiger partial charge on any atom is 0.234 e. The standard InChI is InChI=1S/C19H14N6S/c1-13-21-22-19-24(13)23-18(26-19)16-12-20-25(15-10-6-3-7-11-15)17(16)14-8-4-2-5-9-14/h2-12H,1H3. The van der Waals surface area contributed by atoms with Crippen molar-refractivity contribution in [3.8, 4) is 27.5 Å². The number of fused-ring (bicyclic) bond motifs is 1. The molecule has 0 spiro atoms. The van der Waals surface area contributed by atoms with Gasteiger partial charge in [0, 0.05) is 5.56 Å². The van der Waals surface area contributed by atoms with E-state index in [1.807, 2.05) is 66.3 Å². The largest absolute Gasteiger partial charge is 0.234 e. The van der Waals surface area contributed by atoms with Crippen molar-refractivity contribution in [1.29, 1.82) is 0 Å². The molecule has 0 fully saturated rings. The van der Waals surface area contributed by atoms with E-state index >= 15 is 0 Å². The second-order valence-corrected chi connectivity index (χ2v) is 6.83. The Kier molecular flexibility index (Phi) is 3.39. The van der Waals surface area contributed by atoms with Crippen LogP contribution in [0, 0.1) is 6.92 Å². The van der Waals surface area contributed by atoms with Crippen LogP contribution in [0.1, 0.15) is 5.82 Å². The van der Waals surface area contributed by atoms with Gasteiger partial charge in [0.15, 0.2) is 10.8 Å². The van der Waals surface area contributed by atoms with Gasteiger partial charge in [0.2, 0.25) is 4.96 Å². The zero-order valence-electron chi connectivity index (χ0n) is 13.9. The van der Waals surface area contributed by atoms with Gasteiger partial charge in [-0.25, -0.2) is 4.68 Å². The van der Waals surface area contributed by atoms with E-state index in [0.29, 0.717) is 0 Å². The number of benzene rings is 2. The molecule has 0 aliphatic heterocycles. The molecule has 0 aliphatic carbocycles. The lowest BCUT2D eigenvalue weighted by atomic mass is 10.1. The number of aryl methyl sites for hydroxylation is 1. The molecular weight excluding hydrogens is 344 g/mol. The Hall–Kier alpha value is -3.32. The Labute approximate surface area is 153 Å². The number of hydrogen-bond donors (Lipinski definition) is 0. The molecule has 0 saturated heterocycles. The van der Waals surface area contributed by atoms with Crippen molar-refractivity contribution in [2.24, 2.45) is 0 Å². The number of nitrogens with zero attached hydrogens (tertiary/aromatic N) is 6. The fraction of sp³-hybridized carbons (Fsp3) is 0.0526. The Bertz CT molecular complexity index is 1190. The minimum Gasteiger partial charge on any atom is -0.232 e. The first-order chi connectivity index (χ1) is 12.8. The normalized spacial score (nSPS) is 11.3. The topological polar surface area (TPSA) is 60.9 Å². The van der Waals surface area contributed by atoms with E-state index in [0.717, 1.165) is 38.3 Å². The van der Waals surface area contributed by atoms with E-state index in [1.165, 1.54) is 11.3 Å². The molecule has 3 heterocycles. The molecule has 0 atom stereocenters. The van der Waals surface area contributed by atoms with Crippen LogP contribution in [0.3, 0.4) is 0 Å². The van der Waals surface area contributed by atoms with Gasteiger partial charge in [0.1, 0.15) is 0 Å².